The Hall–Kier alpha value is -1.57. The quantitative estimate of drug-likeness (QED) is 0.297. The summed E-state index contributed by atoms with van der Waals surface area (Å²) < 4.78 is 26.8. The topological polar surface area (TPSA) is 139 Å². The highest BCUT2D eigenvalue weighted by atomic mass is 79.9. The molecule has 4 N–H and O–H groups in total. The monoisotopic (exact) mass is 684 g/mol. The zero-order valence-corrected chi connectivity index (χ0v) is 28.3. The van der Waals surface area contributed by atoms with Gasteiger partial charge in [-0.1, -0.05) is 54.1 Å². The maximum atomic E-state index is 13.8. The number of fused-ring (bicyclic) bond motifs is 1. The fourth-order valence-corrected chi connectivity index (χ4v) is 8.07. The van der Waals surface area contributed by atoms with Crippen molar-refractivity contribution in [1.29, 1.82) is 0 Å². The van der Waals surface area contributed by atoms with Gasteiger partial charge in [0.25, 0.3) is 0 Å². The number of hydrogen-bond acceptors (Lipinski definition) is 7. The van der Waals surface area contributed by atoms with Gasteiger partial charge in [-0.2, -0.15) is 4.31 Å². The molecule has 0 aromatic heterocycles. The smallest absolute Gasteiger partial charge is 0.239 e. The highest BCUT2D eigenvalue weighted by molar-refractivity contribution is 9.10. The summed E-state index contributed by atoms with van der Waals surface area (Å²) in [5.41, 5.74) is 1.41. The Bertz CT molecular complexity index is 1250. The summed E-state index contributed by atoms with van der Waals surface area (Å²) >= 11 is 3.50. The lowest BCUT2D eigenvalue weighted by atomic mass is 9.80. The van der Waals surface area contributed by atoms with Crippen molar-refractivity contribution in [2.75, 3.05) is 32.4 Å². The van der Waals surface area contributed by atoms with Gasteiger partial charge in [0, 0.05) is 48.5 Å². The summed E-state index contributed by atoms with van der Waals surface area (Å²) in [5.74, 6) is -0.522. The lowest BCUT2D eigenvalue weighted by Crippen LogP contribution is -2.62. The number of halogens is 1. The molecular weight excluding hydrogens is 636 g/mol. The van der Waals surface area contributed by atoms with Gasteiger partial charge < -0.3 is 20.8 Å². The van der Waals surface area contributed by atoms with Gasteiger partial charge in [-0.3, -0.25) is 14.5 Å². The minimum Gasteiger partial charge on any atom is -0.392 e. The molecule has 5 atom stereocenters. The molecule has 242 valence electrons. The number of carbonyl (C=O) groups excluding carboxylic acids is 2. The molecule has 0 unspecified atom stereocenters. The lowest BCUT2D eigenvalue weighted by Gasteiger charge is -2.41. The molecule has 0 radical (unpaired) electrons. The van der Waals surface area contributed by atoms with Crippen LogP contribution in [0.5, 0.6) is 0 Å². The van der Waals surface area contributed by atoms with Gasteiger partial charge in [0.15, 0.2) is 0 Å². The summed E-state index contributed by atoms with van der Waals surface area (Å²) in [6, 6.07) is 4.57. The van der Waals surface area contributed by atoms with Crippen molar-refractivity contribution in [1.82, 2.24) is 19.8 Å². The first-order valence-corrected chi connectivity index (χ1v) is 18.2. The largest absolute Gasteiger partial charge is 0.392 e. The Morgan fingerprint density at radius 3 is 2.49 bits per heavy atom. The van der Waals surface area contributed by atoms with E-state index in [-0.39, 0.29) is 37.9 Å². The predicted octanol–water partition coefficient (Wildman–Crippen LogP) is 2.72. The molecule has 1 heterocycles. The number of piperazine rings is 1. The second-order valence-corrected chi connectivity index (χ2v) is 16.7. The summed E-state index contributed by atoms with van der Waals surface area (Å²) in [4.78, 5) is 28.9. The molecule has 2 fully saturated rings. The number of amides is 2. The molecule has 12 heteroatoms. The SMILES string of the molecule is CC(C)(C)NC(=O)[C@@H]1CN(S(C)(=O)=O)CCN1C[C@@H](O)C[C@@H](CC1CCCCC1)C(=O)N[C@H]1c2cc(Br)ccc2C[C@H]1O. The van der Waals surface area contributed by atoms with Crippen LogP contribution in [0.3, 0.4) is 0 Å². The maximum absolute atomic E-state index is 13.8. The number of hydrogen-bond donors (Lipinski definition) is 4. The number of carbonyl (C=O) groups is 2. The minimum absolute atomic E-state index is 0.00793. The first-order valence-electron chi connectivity index (χ1n) is 15.6. The van der Waals surface area contributed by atoms with Crippen LogP contribution in [0.25, 0.3) is 0 Å². The van der Waals surface area contributed by atoms with Crippen molar-refractivity contribution in [3.05, 3.63) is 33.8 Å². The molecule has 1 aromatic carbocycles. The fraction of sp³-hybridized carbons (Fsp3) is 0.742. The van der Waals surface area contributed by atoms with E-state index in [1.807, 2.05) is 43.9 Å². The predicted molar refractivity (Wildman–Crippen MR) is 170 cm³/mol. The molecule has 4 rings (SSSR count). The number of sulfonamides is 1. The van der Waals surface area contributed by atoms with E-state index >= 15 is 0 Å². The van der Waals surface area contributed by atoms with E-state index in [0.29, 0.717) is 25.3 Å². The highest BCUT2D eigenvalue weighted by Crippen LogP contribution is 2.35. The van der Waals surface area contributed by atoms with E-state index < -0.39 is 45.8 Å². The summed E-state index contributed by atoms with van der Waals surface area (Å²) in [5, 5.41) is 28.3. The van der Waals surface area contributed by atoms with Crippen LogP contribution in [0.15, 0.2) is 22.7 Å². The van der Waals surface area contributed by atoms with Crippen LogP contribution in [0.1, 0.15) is 82.9 Å². The van der Waals surface area contributed by atoms with E-state index in [1.54, 1.807) is 0 Å². The number of aliphatic hydroxyl groups excluding tert-OH is 2. The highest BCUT2D eigenvalue weighted by Gasteiger charge is 2.39. The second kappa shape index (κ2) is 14.2. The van der Waals surface area contributed by atoms with Crippen LogP contribution in [-0.2, 0) is 26.0 Å². The van der Waals surface area contributed by atoms with E-state index in [2.05, 4.69) is 26.6 Å². The first kappa shape index (κ1) is 34.3. The molecule has 1 saturated heterocycles. The van der Waals surface area contributed by atoms with Crippen LogP contribution in [0, 0.1) is 11.8 Å². The van der Waals surface area contributed by atoms with E-state index in [9.17, 15) is 28.2 Å². The van der Waals surface area contributed by atoms with Crippen molar-refractivity contribution in [2.45, 2.75) is 102 Å². The van der Waals surface area contributed by atoms with Crippen LogP contribution in [0.2, 0.25) is 0 Å². The van der Waals surface area contributed by atoms with Crippen molar-refractivity contribution in [2.24, 2.45) is 11.8 Å². The molecule has 1 aliphatic heterocycles. The zero-order valence-electron chi connectivity index (χ0n) is 25.9. The summed E-state index contributed by atoms with van der Waals surface area (Å²) in [6.45, 7) is 6.29. The number of benzene rings is 1. The first-order chi connectivity index (χ1) is 20.1. The van der Waals surface area contributed by atoms with Crippen LogP contribution in [0.4, 0.5) is 0 Å². The molecule has 0 spiro atoms. The van der Waals surface area contributed by atoms with E-state index in [4.69, 9.17) is 0 Å². The van der Waals surface area contributed by atoms with Gasteiger partial charge in [-0.05, 0) is 62.8 Å². The molecule has 1 aromatic rings. The molecule has 3 aliphatic rings. The van der Waals surface area contributed by atoms with Crippen LogP contribution >= 0.6 is 15.9 Å². The number of rotatable bonds is 10. The normalized spacial score (nSPS) is 25.6. The van der Waals surface area contributed by atoms with Crippen molar-refractivity contribution in [3.8, 4) is 0 Å². The van der Waals surface area contributed by atoms with Crippen molar-refractivity contribution >= 4 is 37.8 Å². The minimum atomic E-state index is -3.49. The number of aliphatic hydroxyl groups is 2. The van der Waals surface area contributed by atoms with Gasteiger partial charge >= 0.3 is 0 Å². The number of nitrogens with one attached hydrogen (secondary N) is 2. The lowest BCUT2D eigenvalue weighted by molar-refractivity contribution is -0.131. The standard InChI is InChI=1S/C31H49BrN4O6S/c1-31(2,3)34-30(40)26-19-36(43(4,41)42)13-12-35(26)18-24(37)15-22(14-20-8-6-5-7-9-20)29(39)33-28-25-17-23(32)11-10-21(25)16-27(28)38/h10-11,17,20,22,24,26-28,37-38H,5-9,12-16,18-19H2,1-4H3,(H,33,39)(H,34,40)/t22-,24+,26+,27-,28+/m1/s1. The average Bonchev–Trinajstić information content (AvgIpc) is 3.21. The Kier molecular flexibility index (Phi) is 11.4. The molecule has 1 saturated carbocycles. The van der Waals surface area contributed by atoms with Gasteiger partial charge in [0.1, 0.15) is 6.04 Å². The second-order valence-electron chi connectivity index (χ2n) is 13.8. The van der Waals surface area contributed by atoms with Crippen LogP contribution < -0.4 is 10.6 Å². The molecule has 0 bridgehead atoms. The third-order valence-corrected chi connectivity index (χ3v) is 10.8. The summed E-state index contributed by atoms with van der Waals surface area (Å²) in [7, 11) is -3.49. The Morgan fingerprint density at radius 2 is 1.84 bits per heavy atom. The van der Waals surface area contributed by atoms with E-state index in [0.717, 1.165) is 47.5 Å². The zero-order chi connectivity index (χ0) is 31.5. The fourth-order valence-electron chi connectivity index (χ4n) is 6.86. The number of nitrogens with zero attached hydrogens (tertiary/aromatic N) is 2. The number of β-amino-alcohol motifs (C(OH)–C–C–N with tert-alkyl or cyclic N) is 1. The van der Waals surface area contributed by atoms with Gasteiger partial charge in [-0.25, -0.2) is 8.42 Å². The van der Waals surface area contributed by atoms with Gasteiger partial charge in [0.2, 0.25) is 21.8 Å². The van der Waals surface area contributed by atoms with E-state index in [1.165, 1.54) is 10.7 Å². The summed E-state index contributed by atoms with van der Waals surface area (Å²) in [6.07, 6.45) is 6.47. The maximum Gasteiger partial charge on any atom is 0.239 e. The van der Waals surface area contributed by atoms with Gasteiger partial charge in [-0.15, -0.1) is 0 Å². The van der Waals surface area contributed by atoms with Crippen molar-refractivity contribution < 1.29 is 28.2 Å². The Labute approximate surface area is 265 Å². The third-order valence-electron chi connectivity index (χ3n) is 8.99. The average molecular weight is 686 g/mol. The molecule has 2 amide bonds. The Morgan fingerprint density at radius 1 is 1.14 bits per heavy atom. The Balaban J connectivity index is 1.48. The molecule has 2 aliphatic carbocycles. The molecule has 43 heavy (non-hydrogen) atoms. The third kappa shape index (κ3) is 9.46. The van der Waals surface area contributed by atoms with Crippen LogP contribution in [-0.4, -0.2) is 95.9 Å². The molecule has 10 nitrogen and oxygen atoms in total. The molecular formula is C31H49BrN4O6S. The van der Waals surface area contributed by atoms with Crippen molar-refractivity contribution in [3.63, 3.8) is 0 Å². The van der Waals surface area contributed by atoms with Gasteiger partial charge in [0.05, 0.1) is 24.5 Å².